The van der Waals surface area contributed by atoms with E-state index < -0.39 is 47.1 Å². The maximum atomic E-state index is 14.4. The van der Waals surface area contributed by atoms with Gasteiger partial charge in [0.15, 0.2) is 0 Å². The Morgan fingerprint density at radius 1 is 1.18 bits per heavy atom. The van der Waals surface area contributed by atoms with Crippen molar-refractivity contribution < 1.29 is 41.7 Å². The number of pyridine rings is 1. The maximum absolute atomic E-state index is 14.4. The minimum absolute atomic E-state index is 0.0155. The standard InChI is InChI=1S/C27H25F4N3O5/c1-25(24(32)36)14-39-23-19(25)12-20(34-22(23)16-6-8-17(28)9-7-16)26(37,27(29,30)31)13-33-21(35)11-15-4-3-5-18(10-15)38-2/h3-10,12,37H,11,13-14H2,1-2H3,(H2,32,36)(H,33,35)/t25-,26?/m0/s1. The lowest BCUT2D eigenvalue weighted by atomic mass is 9.81. The van der Waals surface area contributed by atoms with E-state index in [9.17, 15) is 32.3 Å². The lowest BCUT2D eigenvalue weighted by Crippen LogP contribution is -2.52. The number of amides is 2. The quantitative estimate of drug-likeness (QED) is 0.373. The first-order valence-electron chi connectivity index (χ1n) is 11.7. The molecule has 2 amide bonds. The molecule has 1 unspecified atom stereocenters. The average Bonchev–Trinajstić information content (AvgIpc) is 3.24. The molecule has 2 atom stereocenters. The summed E-state index contributed by atoms with van der Waals surface area (Å²) in [5.41, 5.74) is -0.0695. The molecule has 0 spiro atoms. The SMILES string of the molecule is COc1cccc(CC(=O)NCC(O)(c2cc3c(c(-c4ccc(F)cc4)n2)OC[C@]3(C)C(N)=O)C(F)(F)F)c1. The zero-order valence-corrected chi connectivity index (χ0v) is 20.9. The van der Waals surface area contributed by atoms with Gasteiger partial charge in [-0.25, -0.2) is 9.37 Å². The van der Waals surface area contributed by atoms with E-state index in [-0.39, 0.29) is 35.6 Å². The number of aromatic nitrogens is 1. The summed E-state index contributed by atoms with van der Waals surface area (Å²) in [5.74, 6) is -1.82. The number of fused-ring (bicyclic) bond motifs is 1. The number of carbonyl (C=O) groups excluding carboxylic acids is 2. The zero-order chi connectivity index (χ0) is 28.6. The third-order valence-corrected chi connectivity index (χ3v) is 6.67. The molecule has 0 fully saturated rings. The molecule has 0 saturated carbocycles. The number of nitrogens with two attached hydrogens (primary N) is 1. The van der Waals surface area contributed by atoms with Crippen LogP contribution in [0.1, 0.15) is 23.7 Å². The fourth-order valence-corrected chi connectivity index (χ4v) is 4.20. The fourth-order valence-electron chi connectivity index (χ4n) is 4.20. The molecule has 12 heteroatoms. The first-order chi connectivity index (χ1) is 18.3. The Hall–Kier alpha value is -4.19. The van der Waals surface area contributed by atoms with Crippen LogP contribution in [0, 0.1) is 5.82 Å². The molecular formula is C27H25F4N3O5. The number of nitrogens with one attached hydrogen (secondary N) is 1. The maximum Gasteiger partial charge on any atom is 0.424 e. The van der Waals surface area contributed by atoms with Crippen LogP contribution in [0.2, 0.25) is 0 Å². The highest BCUT2D eigenvalue weighted by atomic mass is 19.4. The number of hydrogen-bond acceptors (Lipinski definition) is 6. The second kappa shape index (κ2) is 10.2. The molecule has 206 valence electrons. The Balaban J connectivity index is 1.76. The minimum atomic E-state index is -5.31. The number of methoxy groups -OCH3 is 1. The van der Waals surface area contributed by atoms with Crippen LogP contribution < -0.4 is 20.5 Å². The summed E-state index contributed by atoms with van der Waals surface area (Å²) in [6, 6.07) is 12.0. The van der Waals surface area contributed by atoms with Crippen LogP contribution in [-0.4, -0.2) is 48.3 Å². The Morgan fingerprint density at radius 2 is 1.87 bits per heavy atom. The zero-order valence-electron chi connectivity index (χ0n) is 20.9. The molecule has 0 radical (unpaired) electrons. The highest BCUT2D eigenvalue weighted by molar-refractivity contribution is 5.90. The summed E-state index contributed by atoms with van der Waals surface area (Å²) in [6.45, 7) is -0.164. The second-order valence-electron chi connectivity index (χ2n) is 9.39. The van der Waals surface area contributed by atoms with Gasteiger partial charge in [0, 0.05) is 11.1 Å². The van der Waals surface area contributed by atoms with Crippen molar-refractivity contribution in [2.45, 2.75) is 30.5 Å². The van der Waals surface area contributed by atoms with Crippen molar-refractivity contribution in [2.24, 2.45) is 5.73 Å². The molecule has 8 nitrogen and oxygen atoms in total. The van der Waals surface area contributed by atoms with Gasteiger partial charge < -0.3 is 25.6 Å². The largest absolute Gasteiger partial charge is 0.497 e. The highest BCUT2D eigenvalue weighted by Crippen LogP contribution is 2.47. The van der Waals surface area contributed by atoms with E-state index in [4.69, 9.17) is 15.2 Å². The lowest BCUT2D eigenvalue weighted by molar-refractivity contribution is -0.265. The topological polar surface area (TPSA) is 124 Å². The number of carbonyl (C=O) groups is 2. The van der Waals surface area contributed by atoms with Crippen molar-refractivity contribution in [1.29, 1.82) is 0 Å². The van der Waals surface area contributed by atoms with Gasteiger partial charge in [-0.05, 0) is 55.0 Å². The summed E-state index contributed by atoms with van der Waals surface area (Å²) in [5, 5.41) is 13.2. The van der Waals surface area contributed by atoms with Gasteiger partial charge in [0.2, 0.25) is 17.4 Å². The lowest BCUT2D eigenvalue weighted by Gasteiger charge is -2.31. The van der Waals surface area contributed by atoms with E-state index >= 15 is 0 Å². The molecule has 0 aliphatic carbocycles. The van der Waals surface area contributed by atoms with E-state index in [1.807, 2.05) is 0 Å². The molecule has 2 heterocycles. The number of benzene rings is 2. The Bertz CT molecular complexity index is 1410. The summed E-state index contributed by atoms with van der Waals surface area (Å²) in [4.78, 5) is 28.9. The van der Waals surface area contributed by atoms with E-state index in [0.29, 0.717) is 11.3 Å². The molecule has 1 aromatic heterocycles. The Morgan fingerprint density at radius 3 is 2.49 bits per heavy atom. The minimum Gasteiger partial charge on any atom is -0.497 e. The van der Waals surface area contributed by atoms with E-state index in [1.165, 1.54) is 26.2 Å². The van der Waals surface area contributed by atoms with Crippen molar-refractivity contribution in [3.8, 4) is 22.8 Å². The number of halogens is 4. The van der Waals surface area contributed by atoms with Crippen molar-refractivity contribution in [1.82, 2.24) is 10.3 Å². The highest BCUT2D eigenvalue weighted by Gasteiger charge is 2.57. The smallest absolute Gasteiger partial charge is 0.424 e. The van der Waals surface area contributed by atoms with Gasteiger partial charge in [-0.1, -0.05) is 12.1 Å². The molecule has 2 aromatic carbocycles. The van der Waals surface area contributed by atoms with Crippen LogP contribution >= 0.6 is 0 Å². The average molecular weight is 548 g/mol. The van der Waals surface area contributed by atoms with Crippen molar-refractivity contribution >= 4 is 11.8 Å². The fraction of sp³-hybridized carbons (Fsp3) is 0.296. The van der Waals surface area contributed by atoms with Gasteiger partial charge in [-0.3, -0.25) is 9.59 Å². The molecule has 0 bridgehead atoms. The van der Waals surface area contributed by atoms with Gasteiger partial charge in [0.25, 0.3) is 0 Å². The van der Waals surface area contributed by atoms with Gasteiger partial charge in [0.1, 0.15) is 35.0 Å². The molecule has 39 heavy (non-hydrogen) atoms. The van der Waals surface area contributed by atoms with Gasteiger partial charge >= 0.3 is 6.18 Å². The summed E-state index contributed by atoms with van der Waals surface area (Å²) in [7, 11) is 1.43. The van der Waals surface area contributed by atoms with Gasteiger partial charge in [0.05, 0.1) is 25.8 Å². The predicted octanol–water partition coefficient (Wildman–Crippen LogP) is 3.14. The van der Waals surface area contributed by atoms with Gasteiger partial charge in [-0.2, -0.15) is 13.2 Å². The van der Waals surface area contributed by atoms with Crippen LogP contribution in [0.4, 0.5) is 17.6 Å². The van der Waals surface area contributed by atoms with Crippen LogP contribution in [0.3, 0.4) is 0 Å². The van der Waals surface area contributed by atoms with E-state index in [2.05, 4.69) is 10.3 Å². The number of nitrogens with zero attached hydrogens (tertiary/aromatic N) is 1. The number of aliphatic hydroxyl groups is 1. The third-order valence-electron chi connectivity index (χ3n) is 6.67. The molecule has 0 saturated heterocycles. The summed E-state index contributed by atoms with van der Waals surface area (Å²) in [6.07, 6.45) is -5.59. The molecule has 1 aliphatic rings. The first kappa shape index (κ1) is 27.8. The summed E-state index contributed by atoms with van der Waals surface area (Å²) >= 11 is 0. The predicted molar refractivity (Wildman–Crippen MR) is 131 cm³/mol. The Kier molecular flexibility index (Phi) is 7.26. The molecule has 4 N–H and O–H groups in total. The number of rotatable bonds is 8. The van der Waals surface area contributed by atoms with Crippen LogP contribution in [0.15, 0.2) is 54.6 Å². The van der Waals surface area contributed by atoms with E-state index in [0.717, 1.165) is 18.2 Å². The summed E-state index contributed by atoms with van der Waals surface area (Å²) < 4.78 is 67.5. The number of hydrogen-bond donors (Lipinski definition) is 3. The molecule has 4 rings (SSSR count). The number of primary amides is 1. The van der Waals surface area contributed by atoms with Crippen molar-refractivity contribution in [3.63, 3.8) is 0 Å². The van der Waals surface area contributed by atoms with E-state index in [1.54, 1.807) is 24.3 Å². The number of ether oxygens (including phenoxy) is 2. The Labute approximate surface area is 220 Å². The van der Waals surface area contributed by atoms with Crippen LogP contribution in [0.5, 0.6) is 11.5 Å². The number of alkyl halides is 3. The molecular weight excluding hydrogens is 522 g/mol. The third kappa shape index (κ3) is 5.24. The van der Waals surface area contributed by atoms with Crippen LogP contribution in [-0.2, 0) is 27.0 Å². The van der Waals surface area contributed by atoms with Crippen LogP contribution in [0.25, 0.3) is 11.3 Å². The van der Waals surface area contributed by atoms with Gasteiger partial charge in [-0.15, -0.1) is 0 Å². The monoisotopic (exact) mass is 547 g/mol. The molecule has 1 aliphatic heterocycles. The normalized spacial score (nSPS) is 18.0. The first-order valence-corrected chi connectivity index (χ1v) is 11.7. The van der Waals surface area contributed by atoms with Crippen molar-refractivity contribution in [2.75, 3.05) is 20.3 Å². The second-order valence-corrected chi connectivity index (χ2v) is 9.39. The molecule has 3 aromatic rings. The van der Waals surface area contributed by atoms with Crippen molar-refractivity contribution in [3.05, 3.63) is 77.2 Å².